The standard InChI is InChI=1S/C36H59N3O5/c1-26(2)25-43-27(3)44-38-35(40)32-16-18-33(19-17-32)39-22-20-29(21-23-39)9-7-8-28-12-14-30(15-13-28)24-37-34(36(41)42)31-10-5-4-6-11-31/h16-19,26-31,34,37H,4-15,20-25H2,1-3H3,(H,38,40)(H,41,42)/t27?,28?,30?,34-/m0/s1. The molecule has 1 unspecified atom stereocenters. The largest absolute Gasteiger partial charge is 0.480 e. The van der Waals surface area contributed by atoms with Crippen molar-refractivity contribution >= 4 is 17.6 Å². The van der Waals surface area contributed by atoms with Crippen LogP contribution < -0.4 is 15.7 Å². The molecule has 4 rings (SSSR count). The number of rotatable bonds is 16. The number of carboxylic acid groups (broad SMARTS) is 1. The van der Waals surface area contributed by atoms with Crippen molar-refractivity contribution in [2.75, 3.05) is 31.1 Å². The van der Waals surface area contributed by atoms with Crippen molar-refractivity contribution in [2.45, 2.75) is 123 Å². The van der Waals surface area contributed by atoms with Crippen LogP contribution in [0, 0.1) is 29.6 Å². The first-order valence-electron chi connectivity index (χ1n) is 17.7. The van der Waals surface area contributed by atoms with Gasteiger partial charge in [-0.3, -0.25) is 9.59 Å². The van der Waals surface area contributed by atoms with E-state index < -0.39 is 12.3 Å². The Labute approximate surface area is 266 Å². The van der Waals surface area contributed by atoms with Crippen molar-refractivity contribution in [3.05, 3.63) is 29.8 Å². The Hall–Kier alpha value is -2.16. The molecule has 3 fully saturated rings. The smallest absolute Gasteiger partial charge is 0.320 e. The lowest BCUT2D eigenvalue weighted by Crippen LogP contribution is -2.45. The average molecular weight is 614 g/mol. The summed E-state index contributed by atoms with van der Waals surface area (Å²) >= 11 is 0. The van der Waals surface area contributed by atoms with Crippen LogP contribution >= 0.6 is 0 Å². The molecule has 3 aliphatic rings. The fourth-order valence-corrected chi connectivity index (χ4v) is 7.50. The number of amides is 1. The van der Waals surface area contributed by atoms with Gasteiger partial charge in [0, 0.05) is 24.3 Å². The molecule has 0 radical (unpaired) electrons. The minimum atomic E-state index is -0.654. The molecule has 8 heteroatoms. The summed E-state index contributed by atoms with van der Waals surface area (Å²) in [5.41, 5.74) is 4.25. The van der Waals surface area contributed by atoms with Crippen molar-refractivity contribution < 1.29 is 24.3 Å². The number of nitrogens with one attached hydrogen (secondary N) is 2. The third kappa shape index (κ3) is 11.3. The van der Waals surface area contributed by atoms with Crippen molar-refractivity contribution in [3.8, 4) is 0 Å². The van der Waals surface area contributed by atoms with Gasteiger partial charge >= 0.3 is 5.97 Å². The van der Waals surface area contributed by atoms with Crippen molar-refractivity contribution in [1.29, 1.82) is 0 Å². The van der Waals surface area contributed by atoms with Gasteiger partial charge in [0.05, 0.1) is 6.61 Å². The quantitative estimate of drug-likeness (QED) is 0.134. The second kappa shape index (κ2) is 18.1. The predicted molar refractivity (Wildman–Crippen MR) is 175 cm³/mol. The van der Waals surface area contributed by atoms with Gasteiger partial charge in [0.25, 0.3) is 5.91 Å². The van der Waals surface area contributed by atoms with Gasteiger partial charge in [-0.15, -0.1) is 0 Å². The van der Waals surface area contributed by atoms with Gasteiger partial charge in [0.2, 0.25) is 0 Å². The van der Waals surface area contributed by atoms with Crippen LogP contribution in [0.4, 0.5) is 5.69 Å². The zero-order chi connectivity index (χ0) is 31.3. The Morgan fingerprint density at radius 3 is 2.09 bits per heavy atom. The minimum absolute atomic E-state index is 0.262. The summed E-state index contributed by atoms with van der Waals surface area (Å²) in [6.45, 7) is 9.51. The van der Waals surface area contributed by atoms with E-state index in [0.29, 0.717) is 29.9 Å². The molecule has 1 aromatic rings. The van der Waals surface area contributed by atoms with E-state index in [0.717, 1.165) is 44.3 Å². The van der Waals surface area contributed by atoms with E-state index in [-0.39, 0.29) is 11.9 Å². The van der Waals surface area contributed by atoms with Gasteiger partial charge in [-0.1, -0.05) is 65.2 Å². The number of hydrogen-bond donors (Lipinski definition) is 3. The SMILES string of the molecule is CC(C)COC(C)ONC(=O)c1ccc(N2CCC(CCCC3CCC(CN[C@H](C(=O)O)C4CCCCC4)CC3)CC2)cc1. The summed E-state index contributed by atoms with van der Waals surface area (Å²) in [4.78, 5) is 32.1. The van der Waals surface area contributed by atoms with Gasteiger partial charge in [0.1, 0.15) is 6.04 Å². The summed E-state index contributed by atoms with van der Waals surface area (Å²) in [7, 11) is 0. The maximum atomic E-state index is 12.5. The number of piperidine rings is 1. The van der Waals surface area contributed by atoms with E-state index in [4.69, 9.17) is 9.57 Å². The van der Waals surface area contributed by atoms with E-state index >= 15 is 0 Å². The number of aliphatic carboxylic acids is 1. The molecule has 248 valence electrons. The third-order valence-corrected chi connectivity index (χ3v) is 10.3. The highest BCUT2D eigenvalue weighted by molar-refractivity contribution is 5.93. The highest BCUT2D eigenvalue weighted by Crippen LogP contribution is 2.34. The van der Waals surface area contributed by atoms with Gasteiger partial charge in [-0.2, -0.15) is 0 Å². The normalized spacial score (nSPS) is 23.4. The number of carboxylic acids is 1. The first-order chi connectivity index (χ1) is 21.3. The molecule has 1 aromatic carbocycles. The first-order valence-corrected chi connectivity index (χ1v) is 17.7. The highest BCUT2D eigenvalue weighted by Gasteiger charge is 2.30. The van der Waals surface area contributed by atoms with E-state index in [9.17, 15) is 14.7 Å². The Morgan fingerprint density at radius 2 is 1.48 bits per heavy atom. The lowest BCUT2D eigenvalue weighted by Gasteiger charge is -2.34. The van der Waals surface area contributed by atoms with Crippen LogP contribution in [0.3, 0.4) is 0 Å². The molecule has 8 nitrogen and oxygen atoms in total. The summed E-state index contributed by atoms with van der Waals surface area (Å²) < 4.78 is 5.53. The molecule has 3 N–H and O–H groups in total. The van der Waals surface area contributed by atoms with Crippen LogP contribution in [-0.2, 0) is 14.4 Å². The first kappa shape index (κ1) is 34.7. The van der Waals surface area contributed by atoms with Crippen LogP contribution in [0.5, 0.6) is 0 Å². The third-order valence-electron chi connectivity index (χ3n) is 10.3. The van der Waals surface area contributed by atoms with Gasteiger partial charge in [-0.25, -0.2) is 10.3 Å². The molecule has 0 spiro atoms. The topological polar surface area (TPSA) is 100 Å². The van der Waals surface area contributed by atoms with Crippen LogP contribution in [-0.4, -0.2) is 55.6 Å². The summed E-state index contributed by atoms with van der Waals surface area (Å²) in [5.74, 6) is 2.09. The predicted octanol–water partition coefficient (Wildman–Crippen LogP) is 7.18. The monoisotopic (exact) mass is 613 g/mol. The summed E-state index contributed by atoms with van der Waals surface area (Å²) in [6, 6.07) is 7.46. The number of nitrogens with zero attached hydrogens (tertiary/aromatic N) is 1. The average Bonchev–Trinajstić information content (AvgIpc) is 3.04. The van der Waals surface area contributed by atoms with Gasteiger partial charge < -0.3 is 20.1 Å². The minimum Gasteiger partial charge on any atom is -0.480 e. The molecule has 1 saturated heterocycles. The molecule has 0 aromatic heterocycles. The van der Waals surface area contributed by atoms with Crippen LogP contribution in [0.2, 0.25) is 0 Å². The van der Waals surface area contributed by atoms with E-state index in [2.05, 4.69) is 29.5 Å². The zero-order valence-corrected chi connectivity index (χ0v) is 27.6. The Morgan fingerprint density at radius 1 is 0.864 bits per heavy atom. The number of anilines is 1. The fourth-order valence-electron chi connectivity index (χ4n) is 7.50. The second-order valence-corrected chi connectivity index (χ2v) is 14.3. The molecule has 0 bridgehead atoms. The molecular weight excluding hydrogens is 554 g/mol. The van der Waals surface area contributed by atoms with E-state index in [1.165, 1.54) is 82.7 Å². The lowest BCUT2D eigenvalue weighted by molar-refractivity contribution is -0.163. The second-order valence-electron chi connectivity index (χ2n) is 14.3. The highest BCUT2D eigenvalue weighted by atomic mass is 16.8. The van der Waals surface area contributed by atoms with Crippen molar-refractivity contribution in [1.82, 2.24) is 10.8 Å². The summed E-state index contributed by atoms with van der Waals surface area (Å²) in [6.07, 6.45) is 16.8. The maximum absolute atomic E-state index is 12.5. The van der Waals surface area contributed by atoms with E-state index in [1.807, 2.05) is 24.3 Å². The number of hydrogen-bond acceptors (Lipinski definition) is 6. The molecule has 2 aliphatic carbocycles. The Kier molecular flexibility index (Phi) is 14.3. The van der Waals surface area contributed by atoms with Crippen LogP contribution in [0.25, 0.3) is 0 Å². The number of carbonyl (C=O) groups excluding carboxylic acids is 1. The number of carbonyl (C=O) groups is 2. The fraction of sp³-hybridized carbons (Fsp3) is 0.778. The Bertz CT molecular complexity index is 980. The molecule has 44 heavy (non-hydrogen) atoms. The van der Waals surface area contributed by atoms with Crippen molar-refractivity contribution in [2.24, 2.45) is 29.6 Å². The molecule has 2 atom stereocenters. The van der Waals surface area contributed by atoms with Crippen molar-refractivity contribution in [3.63, 3.8) is 0 Å². The van der Waals surface area contributed by atoms with E-state index in [1.54, 1.807) is 6.92 Å². The number of hydroxylamine groups is 1. The molecule has 2 saturated carbocycles. The molecule has 1 heterocycles. The lowest BCUT2D eigenvalue weighted by atomic mass is 9.78. The zero-order valence-electron chi connectivity index (χ0n) is 27.6. The molecular formula is C36H59N3O5. The van der Waals surface area contributed by atoms with Crippen LogP contribution in [0.15, 0.2) is 24.3 Å². The number of benzene rings is 1. The summed E-state index contributed by atoms with van der Waals surface area (Å²) in [5, 5.41) is 13.2. The molecule has 1 amide bonds. The number of ether oxygens (including phenoxy) is 1. The van der Waals surface area contributed by atoms with Gasteiger partial charge in [-0.05, 0) is 106 Å². The maximum Gasteiger partial charge on any atom is 0.320 e. The Balaban J connectivity index is 1.07. The van der Waals surface area contributed by atoms with Crippen LogP contribution in [0.1, 0.15) is 121 Å². The van der Waals surface area contributed by atoms with Gasteiger partial charge in [0.15, 0.2) is 6.29 Å². The molecule has 1 aliphatic heterocycles.